The highest BCUT2D eigenvalue weighted by Crippen LogP contribution is 2.19. The lowest BCUT2D eigenvalue weighted by molar-refractivity contribution is 0.190. The van der Waals surface area contributed by atoms with Gasteiger partial charge in [0.2, 0.25) is 0 Å². The van der Waals surface area contributed by atoms with Crippen LogP contribution in [0.2, 0.25) is 0 Å². The molecule has 2 aromatic rings. The molecule has 2 nitrogen and oxygen atoms in total. The van der Waals surface area contributed by atoms with Gasteiger partial charge >= 0.3 is 0 Å². The molecule has 1 fully saturated rings. The minimum absolute atomic E-state index is 0.522. The minimum Gasteiger partial charge on any atom is -0.380 e. The molecule has 98 valence electrons. The summed E-state index contributed by atoms with van der Waals surface area (Å²) < 4.78 is 5.36. The maximum atomic E-state index is 5.36. The third-order valence-corrected chi connectivity index (χ3v) is 3.59. The first-order valence-corrected chi connectivity index (χ1v) is 6.87. The molecule has 19 heavy (non-hydrogen) atoms. The molecular weight excluding hydrogens is 234 g/mol. The lowest BCUT2D eigenvalue weighted by Gasteiger charge is -2.10. The summed E-state index contributed by atoms with van der Waals surface area (Å²) in [5, 5.41) is 3.53. The lowest BCUT2D eigenvalue weighted by atomic mass is 10.0. The highest BCUT2D eigenvalue weighted by molar-refractivity contribution is 5.63. The molecule has 2 heteroatoms. The van der Waals surface area contributed by atoms with Gasteiger partial charge in [0, 0.05) is 19.2 Å². The van der Waals surface area contributed by atoms with Crippen LogP contribution in [0.5, 0.6) is 0 Å². The van der Waals surface area contributed by atoms with E-state index >= 15 is 0 Å². The Labute approximate surface area is 114 Å². The van der Waals surface area contributed by atoms with Crippen LogP contribution in [-0.4, -0.2) is 19.3 Å². The van der Waals surface area contributed by atoms with E-state index in [9.17, 15) is 0 Å². The summed E-state index contributed by atoms with van der Waals surface area (Å²) in [5.41, 5.74) is 3.87. The molecule has 2 aromatic carbocycles. The van der Waals surface area contributed by atoms with Crippen molar-refractivity contribution < 1.29 is 4.74 Å². The van der Waals surface area contributed by atoms with Crippen LogP contribution in [-0.2, 0) is 11.3 Å². The van der Waals surface area contributed by atoms with E-state index in [1.54, 1.807) is 0 Å². The van der Waals surface area contributed by atoms with E-state index in [2.05, 4.69) is 53.8 Å². The maximum absolute atomic E-state index is 5.36. The molecule has 0 radical (unpaired) electrons. The van der Waals surface area contributed by atoms with Crippen molar-refractivity contribution in [1.82, 2.24) is 5.32 Å². The topological polar surface area (TPSA) is 21.3 Å². The number of ether oxygens (including phenoxy) is 1. The third kappa shape index (κ3) is 3.22. The van der Waals surface area contributed by atoms with Crippen molar-refractivity contribution in [2.75, 3.05) is 13.2 Å². The Morgan fingerprint density at radius 2 is 1.68 bits per heavy atom. The van der Waals surface area contributed by atoms with Crippen molar-refractivity contribution in [1.29, 1.82) is 0 Å². The molecule has 1 N–H and O–H groups in total. The van der Waals surface area contributed by atoms with Crippen molar-refractivity contribution in [3.63, 3.8) is 0 Å². The second kappa shape index (κ2) is 6.00. The van der Waals surface area contributed by atoms with Crippen molar-refractivity contribution in [3.8, 4) is 11.1 Å². The van der Waals surface area contributed by atoms with E-state index in [-0.39, 0.29) is 0 Å². The normalized spacial score (nSPS) is 18.6. The van der Waals surface area contributed by atoms with E-state index in [4.69, 9.17) is 4.74 Å². The number of rotatable bonds is 4. The van der Waals surface area contributed by atoms with E-state index in [1.807, 2.05) is 6.07 Å². The van der Waals surface area contributed by atoms with Gasteiger partial charge in [0.1, 0.15) is 0 Å². The molecule has 0 aliphatic carbocycles. The summed E-state index contributed by atoms with van der Waals surface area (Å²) in [5.74, 6) is 0. The number of hydrogen-bond acceptors (Lipinski definition) is 2. The largest absolute Gasteiger partial charge is 0.380 e. The molecule has 3 rings (SSSR count). The fraction of sp³-hybridized carbons (Fsp3) is 0.294. The first-order valence-electron chi connectivity index (χ1n) is 6.87. The molecule has 1 unspecified atom stereocenters. The average Bonchev–Trinajstić information content (AvgIpc) is 3.00. The SMILES string of the molecule is c1ccc(-c2ccc(CNC3CCOC3)cc2)cc1. The van der Waals surface area contributed by atoms with Crippen molar-refractivity contribution in [3.05, 3.63) is 60.2 Å². The van der Waals surface area contributed by atoms with Gasteiger partial charge in [0.25, 0.3) is 0 Å². The monoisotopic (exact) mass is 253 g/mol. The number of hydrogen-bond donors (Lipinski definition) is 1. The van der Waals surface area contributed by atoms with E-state index in [1.165, 1.54) is 16.7 Å². The zero-order valence-electron chi connectivity index (χ0n) is 11.0. The molecule has 0 amide bonds. The third-order valence-electron chi connectivity index (χ3n) is 3.59. The van der Waals surface area contributed by atoms with Gasteiger partial charge in [-0.15, -0.1) is 0 Å². The van der Waals surface area contributed by atoms with E-state index in [0.29, 0.717) is 6.04 Å². The highest BCUT2D eigenvalue weighted by Gasteiger charge is 2.14. The van der Waals surface area contributed by atoms with Gasteiger partial charge in [-0.05, 0) is 23.1 Å². The Balaban J connectivity index is 1.62. The fourth-order valence-electron chi connectivity index (χ4n) is 2.40. The Kier molecular flexibility index (Phi) is 3.92. The standard InChI is InChI=1S/C17H19NO/c1-2-4-15(5-3-1)16-8-6-14(7-9-16)12-18-17-10-11-19-13-17/h1-9,17-18H,10-13H2. The molecular formula is C17H19NO. The van der Waals surface area contributed by atoms with Gasteiger partial charge in [-0.3, -0.25) is 0 Å². The van der Waals surface area contributed by atoms with Crippen LogP contribution in [0.4, 0.5) is 0 Å². The molecule has 1 aliphatic heterocycles. The van der Waals surface area contributed by atoms with Gasteiger partial charge in [-0.25, -0.2) is 0 Å². The predicted molar refractivity (Wildman–Crippen MR) is 77.9 cm³/mol. The van der Waals surface area contributed by atoms with Crippen LogP contribution in [0.15, 0.2) is 54.6 Å². The highest BCUT2D eigenvalue weighted by atomic mass is 16.5. The van der Waals surface area contributed by atoms with Crippen LogP contribution in [0.3, 0.4) is 0 Å². The Morgan fingerprint density at radius 1 is 0.947 bits per heavy atom. The quantitative estimate of drug-likeness (QED) is 0.903. The summed E-state index contributed by atoms with van der Waals surface area (Å²) in [6, 6.07) is 19.8. The zero-order chi connectivity index (χ0) is 12.9. The van der Waals surface area contributed by atoms with Crippen LogP contribution in [0, 0.1) is 0 Å². The summed E-state index contributed by atoms with van der Waals surface area (Å²) in [6.07, 6.45) is 1.13. The Morgan fingerprint density at radius 3 is 2.37 bits per heavy atom. The van der Waals surface area contributed by atoms with Gasteiger partial charge < -0.3 is 10.1 Å². The predicted octanol–water partition coefficient (Wildman–Crippen LogP) is 3.23. The van der Waals surface area contributed by atoms with Gasteiger partial charge in [0.05, 0.1) is 6.61 Å². The van der Waals surface area contributed by atoms with Crippen molar-refractivity contribution >= 4 is 0 Å². The molecule has 0 bridgehead atoms. The van der Waals surface area contributed by atoms with E-state index < -0.39 is 0 Å². The summed E-state index contributed by atoms with van der Waals surface area (Å²) in [6.45, 7) is 2.66. The summed E-state index contributed by atoms with van der Waals surface area (Å²) >= 11 is 0. The number of benzene rings is 2. The van der Waals surface area contributed by atoms with Crippen LogP contribution < -0.4 is 5.32 Å². The summed E-state index contributed by atoms with van der Waals surface area (Å²) in [7, 11) is 0. The van der Waals surface area contributed by atoms with Crippen LogP contribution in [0.1, 0.15) is 12.0 Å². The van der Waals surface area contributed by atoms with Crippen molar-refractivity contribution in [2.45, 2.75) is 19.0 Å². The lowest BCUT2D eigenvalue weighted by Crippen LogP contribution is -2.28. The Bertz CT molecular complexity index is 501. The zero-order valence-corrected chi connectivity index (χ0v) is 11.0. The second-order valence-electron chi connectivity index (χ2n) is 5.00. The molecule has 1 aliphatic rings. The smallest absolute Gasteiger partial charge is 0.0620 e. The van der Waals surface area contributed by atoms with Gasteiger partial charge in [0.15, 0.2) is 0 Å². The van der Waals surface area contributed by atoms with Gasteiger partial charge in [-0.2, -0.15) is 0 Å². The molecule has 0 spiro atoms. The fourth-order valence-corrected chi connectivity index (χ4v) is 2.40. The van der Waals surface area contributed by atoms with Crippen molar-refractivity contribution in [2.24, 2.45) is 0 Å². The average molecular weight is 253 g/mol. The molecule has 1 heterocycles. The van der Waals surface area contributed by atoms with E-state index in [0.717, 1.165) is 26.2 Å². The second-order valence-corrected chi connectivity index (χ2v) is 5.00. The van der Waals surface area contributed by atoms with Crippen LogP contribution in [0.25, 0.3) is 11.1 Å². The number of nitrogens with one attached hydrogen (secondary N) is 1. The Hall–Kier alpha value is -1.64. The minimum atomic E-state index is 0.522. The summed E-state index contributed by atoms with van der Waals surface area (Å²) in [4.78, 5) is 0. The molecule has 0 aromatic heterocycles. The molecule has 1 saturated heterocycles. The first kappa shape index (κ1) is 12.4. The maximum Gasteiger partial charge on any atom is 0.0620 e. The van der Waals surface area contributed by atoms with Crippen LogP contribution >= 0.6 is 0 Å². The van der Waals surface area contributed by atoms with Gasteiger partial charge in [-0.1, -0.05) is 54.6 Å². The molecule has 1 atom stereocenters. The first-order chi connectivity index (χ1) is 9.42. The molecule has 0 saturated carbocycles.